The molecule has 1 amide bonds. The maximum Gasteiger partial charge on any atom is 0.276 e. The minimum atomic E-state index is -3.88. The second-order valence-corrected chi connectivity index (χ2v) is 9.62. The summed E-state index contributed by atoms with van der Waals surface area (Å²) in [4.78, 5) is 29.7. The number of anilines is 1. The van der Waals surface area contributed by atoms with E-state index in [2.05, 4.69) is 9.93 Å². The van der Waals surface area contributed by atoms with Crippen LogP contribution in [0.5, 0.6) is 0 Å². The molecule has 1 N–H and O–H groups in total. The third-order valence-electron chi connectivity index (χ3n) is 5.84. The van der Waals surface area contributed by atoms with Crippen LogP contribution in [0.3, 0.4) is 0 Å². The molecule has 1 aliphatic rings. The van der Waals surface area contributed by atoms with Gasteiger partial charge in [-0.05, 0) is 44.9 Å². The normalized spacial score (nSPS) is 16.4. The van der Waals surface area contributed by atoms with Crippen LogP contribution in [0, 0.1) is 16.0 Å². The summed E-state index contributed by atoms with van der Waals surface area (Å²) >= 11 is 0. The van der Waals surface area contributed by atoms with Crippen molar-refractivity contribution in [3.63, 3.8) is 0 Å². The molecule has 1 unspecified atom stereocenters. The van der Waals surface area contributed by atoms with Crippen molar-refractivity contribution in [2.45, 2.75) is 31.6 Å². The standard InChI is InChI=1S/C23H29N5O5S/c1-3-26(4-2)23(29)18-9-8-14-27(17-18)22-13-12-20(28(30)31)15-19(22)16-24-25-34(32,33)21-10-6-5-7-11-21/h5-7,10-13,15-16,18,25H,3-4,8-9,14,17H2,1-2H3/b24-16+. The fraction of sp³-hybridized carbons (Fsp3) is 0.391. The number of nitrogens with zero attached hydrogens (tertiary/aromatic N) is 4. The molecule has 2 aromatic carbocycles. The first-order chi connectivity index (χ1) is 16.3. The highest BCUT2D eigenvalue weighted by molar-refractivity contribution is 7.89. The van der Waals surface area contributed by atoms with Gasteiger partial charge in [-0.25, -0.2) is 4.83 Å². The Kier molecular flexibility index (Phi) is 8.21. The van der Waals surface area contributed by atoms with Crippen molar-refractivity contribution in [1.29, 1.82) is 0 Å². The number of hydrazone groups is 1. The number of nitrogens with one attached hydrogen (secondary N) is 1. The zero-order valence-corrected chi connectivity index (χ0v) is 20.1. The summed E-state index contributed by atoms with van der Waals surface area (Å²) in [7, 11) is -3.88. The topological polar surface area (TPSA) is 125 Å². The van der Waals surface area contributed by atoms with Gasteiger partial charge >= 0.3 is 0 Å². The number of hydrogen-bond acceptors (Lipinski definition) is 7. The van der Waals surface area contributed by atoms with Crippen LogP contribution in [0.2, 0.25) is 0 Å². The predicted molar refractivity (Wildman–Crippen MR) is 130 cm³/mol. The van der Waals surface area contributed by atoms with Gasteiger partial charge in [0.25, 0.3) is 15.7 Å². The quantitative estimate of drug-likeness (QED) is 0.329. The summed E-state index contributed by atoms with van der Waals surface area (Å²) in [6, 6.07) is 12.2. The van der Waals surface area contributed by atoms with E-state index in [0.717, 1.165) is 12.8 Å². The van der Waals surface area contributed by atoms with E-state index >= 15 is 0 Å². The number of sulfonamides is 1. The van der Waals surface area contributed by atoms with Crippen LogP contribution in [0.4, 0.5) is 11.4 Å². The van der Waals surface area contributed by atoms with Crippen LogP contribution in [0.15, 0.2) is 58.5 Å². The first kappa shape index (κ1) is 25.2. The van der Waals surface area contributed by atoms with Crippen molar-refractivity contribution in [3.8, 4) is 0 Å². The third kappa shape index (κ3) is 5.90. The first-order valence-electron chi connectivity index (χ1n) is 11.2. The van der Waals surface area contributed by atoms with Gasteiger partial charge in [-0.2, -0.15) is 13.5 Å². The zero-order chi connectivity index (χ0) is 24.7. The van der Waals surface area contributed by atoms with Gasteiger partial charge in [0, 0.05) is 49.6 Å². The number of piperidine rings is 1. The molecule has 0 bridgehead atoms. The Morgan fingerprint density at radius 3 is 2.59 bits per heavy atom. The molecule has 1 heterocycles. The largest absolute Gasteiger partial charge is 0.370 e. The number of carbonyl (C=O) groups excluding carboxylic acids is 1. The fourth-order valence-electron chi connectivity index (χ4n) is 4.06. The van der Waals surface area contributed by atoms with Gasteiger partial charge in [-0.1, -0.05) is 18.2 Å². The molecule has 0 aromatic heterocycles. The molecule has 1 fully saturated rings. The van der Waals surface area contributed by atoms with Gasteiger partial charge in [-0.3, -0.25) is 14.9 Å². The Morgan fingerprint density at radius 2 is 1.94 bits per heavy atom. The Bertz CT molecular complexity index is 1150. The molecule has 1 aliphatic heterocycles. The number of nitro groups is 1. The molecule has 0 aliphatic carbocycles. The molecule has 1 atom stereocenters. The van der Waals surface area contributed by atoms with Crippen molar-refractivity contribution in [3.05, 3.63) is 64.2 Å². The summed E-state index contributed by atoms with van der Waals surface area (Å²) < 4.78 is 24.9. The average molecular weight is 488 g/mol. The average Bonchev–Trinajstić information content (AvgIpc) is 2.85. The van der Waals surface area contributed by atoms with Crippen LogP contribution >= 0.6 is 0 Å². The van der Waals surface area contributed by atoms with Crippen molar-refractivity contribution in [2.24, 2.45) is 11.0 Å². The van der Waals surface area contributed by atoms with E-state index in [1.165, 1.54) is 30.5 Å². The molecule has 3 rings (SSSR count). The number of amides is 1. The van der Waals surface area contributed by atoms with Gasteiger partial charge in [0.2, 0.25) is 5.91 Å². The first-order valence-corrected chi connectivity index (χ1v) is 12.7. The van der Waals surface area contributed by atoms with Crippen molar-refractivity contribution >= 4 is 33.5 Å². The number of carbonyl (C=O) groups is 1. The monoisotopic (exact) mass is 487 g/mol. The molecule has 182 valence electrons. The predicted octanol–water partition coefficient (Wildman–Crippen LogP) is 2.99. The fourth-order valence-corrected chi connectivity index (χ4v) is 4.87. The Hall–Kier alpha value is -3.47. The van der Waals surface area contributed by atoms with Crippen LogP contribution in [0.1, 0.15) is 32.3 Å². The number of benzene rings is 2. The maximum atomic E-state index is 12.9. The van der Waals surface area contributed by atoms with Gasteiger partial charge in [0.15, 0.2) is 0 Å². The molecule has 1 saturated heterocycles. The lowest BCUT2D eigenvalue weighted by Gasteiger charge is -2.36. The SMILES string of the molecule is CCN(CC)C(=O)C1CCCN(c2ccc([N+](=O)[O-])cc2/C=N/NS(=O)(=O)c2ccccc2)C1. The van der Waals surface area contributed by atoms with Crippen molar-refractivity contribution < 1.29 is 18.1 Å². The Balaban J connectivity index is 1.86. The van der Waals surface area contributed by atoms with Gasteiger partial charge in [0.05, 0.1) is 22.0 Å². The lowest BCUT2D eigenvalue weighted by atomic mass is 9.95. The highest BCUT2D eigenvalue weighted by atomic mass is 32.2. The Morgan fingerprint density at radius 1 is 1.24 bits per heavy atom. The van der Waals surface area contributed by atoms with E-state index in [9.17, 15) is 23.3 Å². The summed E-state index contributed by atoms with van der Waals surface area (Å²) in [6.45, 7) is 6.33. The molecular weight excluding hydrogens is 458 g/mol. The minimum Gasteiger partial charge on any atom is -0.370 e. The summed E-state index contributed by atoms with van der Waals surface area (Å²) in [5.74, 6) is -0.0762. The smallest absolute Gasteiger partial charge is 0.276 e. The molecule has 0 saturated carbocycles. The van der Waals surface area contributed by atoms with Gasteiger partial charge in [0.1, 0.15) is 0 Å². The molecule has 11 heteroatoms. The Labute approximate surface area is 199 Å². The lowest BCUT2D eigenvalue weighted by molar-refractivity contribution is -0.384. The van der Waals surface area contributed by atoms with Crippen LogP contribution in [0.25, 0.3) is 0 Å². The summed E-state index contributed by atoms with van der Waals surface area (Å²) in [5.41, 5.74) is 0.912. The van der Waals surface area contributed by atoms with E-state index in [1.54, 1.807) is 24.3 Å². The van der Waals surface area contributed by atoms with E-state index in [4.69, 9.17) is 0 Å². The molecule has 2 aromatic rings. The van der Waals surface area contributed by atoms with Crippen LogP contribution < -0.4 is 9.73 Å². The lowest BCUT2D eigenvalue weighted by Crippen LogP contribution is -2.45. The van der Waals surface area contributed by atoms with Gasteiger partial charge < -0.3 is 9.80 Å². The summed E-state index contributed by atoms with van der Waals surface area (Å²) in [6.07, 6.45) is 2.84. The number of hydrogen-bond donors (Lipinski definition) is 1. The van der Waals surface area contributed by atoms with E-state index < -0.39 is 14.9 Å². The van der Waals surface area contributed by atoms with Crippen LogP contribution in [-0.4, -0.2) is 56.5 Å². The molecule has 0 spiro atoms. The number of nitro benzene ring substituents is 1. The molecular formula is C23H29N5O5S. The second kappa shape index (κ2) is 11.1. The number of non-ortho nitro benzene ring substituents is 1. The summed E-state index contributed by atoms with van der Waals surface area (Å²) in [5, 5.41) is 15.2. The van der Waals surface area contributed by atoms with E-state index in [-0.39, 0.29) is 22.4 Å². The van der Waals surface area contributed by atoms with Crippen molar-refractivity contribution in [2.75, 3.05) is 31.1 Å². The second-order valence-electron chi connectivity index (χ2n) is 7.96. The maximum absolute atomic E-state index is 12.9. The van der Waals surface area contributed by atoms with Crippen molar-refractivity contribution in [1.82, 2.24) is 9.73 Å². The molecule has 34 heavy (non-hydrogen) atoms. The number of rotatable bonds is 9. The zero-order valence-electron chi connectivity index (χ0n) is 19.3. The van der Waals surface area contributed by atoms with E-state index in [0.29, 0.717) is 37.4 Å². The van der Waals surface area contributed by atoms with Crippen LogP contribution in [-0.2, 0) is 14.8 Å². The minimum absolute atomic E-state index is 0.0557. The molecule has 10 nitrogen and oxygen atoms in total. The highest BCUT2D eigenvalue weighted by Crippen LogP contribution is 2.29. The molecule has 0 radical (unpaired) electrons. The third-order valence-corrected chi connectivity index (χ3v) is 7.08. The van der Waals surface area contributed by atoms with E-state index in [1.807, 2.05) is 23.6 Å². The highest BCUT2D eigenvalue weighted by Gasteiger charge is 2.29. The van der Waals surface area contributed by atoms with Gasteiger partial charge in [-0.15, -0.1) is 0 Å².